The van der Waals surface area contributed by atoms with Crippen molar-refractivity contribution < 1.29 is 5.11 Å². The Hall–Kier alpha value is -0.740. The first-order chi connectivity index (χ1) is 5.93. The molecule has 12 heavy (non-hydrogen) atoms. The van der Waals surface area contributed by atoms with Crippen molar-refractivity contribution in [1.82, 2.24) is 0 Å². The van der Waals surface area contributed by atoms with E-state index >= 15 is 0 Å². The summed E-state index contributed by atoms with van der Waals surface area (Å²) >= 11 is 0. The number of rotatable bonds is 2. The van der Waals surface area contributed by atoms with Crippen LogP contribution in [0.1, 0.15) is 38.5 Å². The first-order valence-corrected chi connectivity index (χ1v) is 4.72. The van der Waals surface area contributed by atoms with Crippen molar-refractivity contribution in [1.29, 1.82) is 0 Å². The van der Waals surface area contributed by atoms with Gasteiger partial charge >= 0.3 is 0 Å². The summed E-state index contributed by atoms with van der Waals surface area (Å²) in [6.45, 7) is 0.258. The lowest BCUT2D eigenvalue weighted by Crippen LogP contribution is -1.88. The van der Waals surface area contributed by atoms with Gasteiger partial charge < -0.3 is 5.11 Å². The van der Waals surface area contributed by atoms with Crippen molar-refractivity contribution in [2.24, 2.45) is 0 Å². The molecule has 0 bridgehead atoms. The Balaban J connectivity index is 2.26. The molecule has 1 rings (SSSR count). The van der Waals surface area contributed by atoms with Gasteiger partial charge in [0.25, 0.3) is 0 Å². The van der Waals surface area contributed by atoms with E-state index in [0.29, 0.717) is 0 Å². The SMILES string of the molecule is OCCCC#CC1=CCCCC1. The first kappa shape index (κ1) is 9.35. The van der Waals surface area contributed by atoms with Crippen LogP contribution in [0.5, 0.6) is 0 Å². The molecule has 0 radical (unpaired) electrons. The van der Waals surface area contributed by atoms with Gasteiger partial charge in [-0.2, -0.15) is 0 Å². The van der Waals surface area contributed by atoms with E-state index < -0.39 is 0 Å². The van der Waals surface area contributed by atoms with Gasteiger partial charge in [-0.05, 0) is 37.7 Å². The van der Waals surface area contributed by atoms with Gasteiger partial charge in [-0.25, -0.2) is 0 Å². The highest BCUT2D eigenvalue weighted by atomic mass is 16.2. The lowest BCUT2D eigenvalue weighted by atomic mass is 10.00. The zero-order valence-electron chi connectivity index (χ0n) is 7.47. The Kier molecular flexibility index (Phi) is 4.56. The van der Waals surface area contributed by atoms with Crippen LogP contribution in [0.15, 0.2) is 11.6 Å². The minimum absolute atomic E-state index is 0.258. The molecule has 0 aromatic rings. The maximum absolute atomic E-state index is 8.52. The molecule has 0 aliphatic heterocycles. The molecular formula is C11H16O. The highest BCUT2D eigenvalue weighted by Gasteiger charge is 1.98. The largest absolute Gasteiger partial charge is 0.396 e. The van der Waals surface area contributed by atoms with Gasteiger partial charge in [-0.3, -0.25) is 0 Å². The molecule has 1 aliphatic carbocycles. The zero-order chi connectivity index (χ0) is 8.65. The van der Waals surface area contributed by atoms with Crippen molar-refractivity contribution in [3.05, 3.63) is 11.6 Å². The van der Waals surface area contributed by atoms with Crippen molar-refractivity contribution in [2.75, 3.05) is 6.61 Å². The van der Waals surface area contributed by atoms with Crippen LogP contribution in [0.2, 0.25) is 0 Å². The summed E-state index contributed by atoms with van der Waals surface area (Å²) in [5.74, 6) is 6.23. The molecule has 0 aromatic carbocycles. The van der Waals surface area contributed by atoms with Crippen LogP contribution in [-0.4, -0.2) is 11.7 Å². The lowest BCUT2D eigenvalue weighted by molar-refractivity contribution is 0.290. The number of unbranched alkanes of at least 4 members (excludes halogenated alkanes) is 1. The summed E-state index contributed by atoms with van der Waals surface area (Å²) in [6.07, 6.45) is 8.85. The van der Waals surface area contributed by atoms with Crippen LogP contribution >= 0.6 is 0 Å². The topological polar surface area (TPSA) is 20.2 Å². The second-order valence-corrected chi connectivity index (χ2v) is 3.10. The quantitative estimate of drug-likeness (QED) is 0.490. The molecule has 1 heteroatoms. The van der Waals surface area contributed by atoms with E-state index in [1.165, 1.54) is 24.8 Å². The summed E-state index contributed by atoms with van der Waals surface area (Å²) in [4.78, 5) is 0. The van der Waals surface area contributed by atoms with Crippen LogP contribution in [0.4, 0.5) is 0 Å². The van der Waals surface area contributed by atoms with Crippen LogP contribution in [0.25, 0.3) is 0 Å². The van der Waals surface area contributed by atoms with E-state index in [9.17, 15) is 0 Å². The van der Waals surface area contributed by atoms with Crippen LogP contribution < -0.4 is 0 Å². The van der Waals surface area contributed by atoms with E-state index in [1.807, 2.05) is 0 Å². The number of allylic oxidation sites excluding steroid dienone is 2. The highest BCUT2D eigenvalue weighted by Crippen LogP contribution is 2.15. The summed E-state index contributed by atoms with van der Waals surface area (Å²) in [5, 5.41) is 8.52. The summed E-state index contributed by atoms with van der Waals surface area (Å²) in [7, 11) is 0. The van der Waals surface area contributed by atoms with Crippen LogP contribution in [-0.2, 0) is 0 Å². The third kappa shape index (κ3) is 3.59. The van der Waals surface area contributed by atoms with E-state index in [4.69, 9.17) is 5.11 Å². The zero-order valence-corrected chi connectivity index (χ0v) is 7.47. The van der Waals surface area contributed by atoms with Crippen LogP contribution in [0, 0.1) is 11.8 Å². The molecule has 1 aliphatic rings. The number of aliphatic hydroxyl groups excluding tert-OH is 1. The van der Waals surface area contributed by atoms with Gasteiger partial charge in [0.1, 0.15) is 0 Å². The molecule has 0 unspecified atom stereocenters. The highest BCUT2D eigenvalue weighted by molar-refractivity contribution is 5.29. The first-order valence-electron chi connectivity index (χ1n) is 4.72. The summed E-state index contributed by atoms with van der Waals surface area (Å²) < 4.78 is 0. The third-order valence-electron chi connectivity index (χ3n) is 2.00. The molecule has 0 saturated heterocycles. The average Bonchev–Trinajstić information content (AvgIpc) is 2.14. The molecule has 0 fully saturated rings. The molecule has 0 spiro atoms. The van der Waals surface area contributed by atoms with E-state index in [1.54, 1.807) is 0 Å². The van der Waals surface area contributed by atoms with E-state index in [-0.39, 0.29) is 6.61 Å². The van der Waals surface area contributed by atoms with Crippen LogP contribution in [0.3, 0.4) is 0 Å². The number of hydrogen-bond acceptors (Lipinski definition) is 1. The minimum Gasteiger partial charge on any atom is -0.396 e. The van der Waals surface area contributed by atoms with Crippen molar-refractivity contribution in [3.63, 3.8) is 0 Å². The number of hydrogen-bond donors (Lipinski definition) is 1. The fourth-order valence-corrected chi connectivity index (χ4v) is 1.30. The Bertz CT molecular complexity index is 205. The molecular weight excluding hydrogens is 148 g/mol. The fourth-order valence-electron chi connectivity index (χ4n) is 1.30. The molecule has 1 nitrogen and oxygen atoms in total. The predicted molar refractivity (Wildman–Crippen MR) is 50.6 cm³/mol. The Morgan fingerprint density at radius 2 is 2.33 bits per heavy atom. The molecule has 66 valence electrons. The standard InChI is InChI=1S/C11H16O/c12-10-6-2-5-9-11-7-3-1-4-8-11/h7,12H,1-4,6,8,10H2. The van der Waals surface area contributed by atoms with E-state index in [0.717, 1.165) is 19.3 Å². The van der Waals surface area contributed by atoms with Crippen molar-refractivity contribution >= 4 is 0 Å². The molecule has 0 aromatic heterocycles. The van der Waals surface area contributed by atoms with Crippen molar-refractivity contribution in [2.45, 2.75) is 38.5 Å². The van der Waals surface area contributed by atoms with Gasteiger partial charge in [0.15, 0.2) is 0 Å². The maximum atomic E-state index is 8.52. The predicted octanol–water partition coefficient (Wildman–Crippen LogP) is 2.26. The smallest absolute Gasteiger partial charge is 0.0440 e. The van der Waals surface area contributed by atoms with E-state index in [2.05, 4.69) is 17.9 Å². The van der Waals surface area contributed by atoms with Crippen molar-refractivity contribution in [3.8, 4) is 11.8 Å². The minimum atomic E-state index is 0.258. The molecule has 0 heterocycles. The average molecular weight is 164 g/mol. The monoisotopic (exact) mass is 164 g/mol. The summed E-state index contributed by atoms with van der Waals surface area (Å²) in [5.41, 5.74) is 1.30. The lowest BCUT2D eigenvalue weighted by Gasteiger charge is -2.05. The Morgan fingerprint density at radius 1 is 1.42 bits per heavy atom. The second-order valence-electron chi connectivity index (χ2n) is 3.10. The Labute approximate surface area is 74.5 Å². The molecule has 0 saturated carbocycles. The molecule has 0 amide bonds. The Morgan fingerprint density at radius 3 is 3.00 bits per heavy atom. The fraction of sp³-hybridized carbons (Fsp3) is 0.636. The second kappa shape index (κ2) is 5.85. The normalized spacial score (nSPS) is 16.2. The van der Waals surface area contributed by atoms with Gasteiger partial charge in [0.2, 0.25) is 0 Å². The van der Waals surface area contributed by atoms with Gasteiger partial charge in [0, 0.05) is 13.0 Å². The third-order valence-corrected chi connectivity index (χ3v) is 2.00. The van der Waals surface area contributed by atoms with Gasteiger partial charge in [0.05, 0.1) is 0 Å². The summed E-state index contributed by atoms with van der Waals surface area (Å²) in [6, 6.07) is 0. The van der Waals surface area contributed by atoms with Gasteiger partial charge in [-0.1, -0.05) is 17.9 Å². The molecule has 0 atom stereocenters. The molecule has 1 N–H and O–H groups in total. The maximum Gasteiger partial charge on any atom is 0.0440 e. The number of aliphatic hydroxyl groups is 1. The van der Waals surface area contributed by atoms with Gasteiger partial charge in [-0.15, -0.1) is 0 Å².